The Labute approximate surface area is 111 Å². The molecule has 0 unspecified atom stereocenters. The third-order valence-corrected chi connectivity index (χ3v) is 2.55. The monoisotopic (exact) mass is 275 g/mol. The minimum absolute atomic E-state index is 0.314. The van der Waals surface area contributed by atoms with E-state index >= 15 is 0 Å². The van der Waals surface area contributed by atoms with Gasteiger partial charge in [0, 0.05) is 27.3 Å². The molecule has 18 heavy (non-hydrogen) atoms. The van der Waals surface area contributed by atoms with E-state index < -0.39 is 0 Å². The van der Waals surface area contributed by atoms with Gasteiger partial charge >= 0.3 is 0 Å². The van der Waals surface area contributed by atoms with E-state index in [0.717, 1.165) is 0 Å². The van der Waals surface area contributed by atoms with Gasteiger partial charge in [-0.1, -0.05) is 11.6 Å². The normalized spacial score (nSPS) is 10.4. The van der Waals surface area contributed by atoms with E-state index in [1.54, 1.807) is 14.2 Å². The fraction of sp³-hybridized carbons (Fsp3) is 0.600. The molecule has 0 saturated heterocycles. The maximum absolute atomic E-state index is 6.09. The van der Waals surface area contributed by atoms with Gasteiger partial charge < -0.3 is 14.4 Å². The zero-order valence-electron chi connectivity index (χ0n) is 10.5. The molecule has 0 atom stereocenters. The van der Waals surface area contributed by atoms with Gasteiger partial charge in [-0.25, -0.2) is 10.8 Å². The van der Waals surface area contributed by atoms with E-state index in [1.807, 2.05) is 4.90 Å². The molecule has 0 aliphatic carbocycles. The summed E-state index contributed by atoms with van der Waals surface area (Å²) in [4.78, 5) is 10.1. The third-order valence-electron chi connectivity index (χ3n) is 2.28. The van der Waals surface area contributed by atoms with Crippen LogP contribution in [0.15, 0.2) is 6.20 Å². The average Bonchev–Trinajstić information content (AvgIpc) is 2.40. The Morgan fingerprint density at radius 2 is 1.94 bits per heavy atom. The number of methoxy groups -OCH3 is 2. The van der Waals surface area contributed by atoms with Crippen LogP contribution in [0.2, 0.25) is 5.02 Å². The highest BCUT2D eigenvalue weighted by Gasteiger charge is 2.13. The largest absolute Gasteiger partial charge is 0.383 e. The number of nitrogens with one attached hydrogen (secondary N) is 1. The summed E-state index contributed by atoms with van der Waals surface area (Å²) in [5.41, 5.74) is 2.39. The molecule has 0 amide bonds. The number of hydrogen-bond donors (Lipinski definition) is 2. The van der Waals surface area contributed by atoms with Crippen LogP contribution in [0.25, 0.3) is 0 Å². The van der Waals surface area contributed by atoms with Gasteiger partial charge in [-0.2, -0.15) is 4.98 Å². The van der Waals surface area contributed by atoms with Gasteiger partial charge in [0.15, 0.2) is 5.82 Å². The lowest BCUT2D eigenvalue weighted by Gasteiger charge is -2.24. The highest BCUT2D eigenvalue weighted by atomic mass is 35.5. The standard InChI is InChI=1S/C10H18ClN5O2/c1-17-5-3-16(4-6-18-2)9-8(11)7-13-10(14-9)15-12/h7H,3-6,12H2,1-2H3,(H,13,14,15). The summed E-state index contributed by atoms with van der Waals surface area (Å²) in [6.07, 6.45) is 1.51. The Kier molecular flexibility index (Phi) is 6.66. The van der Waals surface area contributed by atoms with Gasteiger partial charge in [-0.05, 0) is 0 Å². The van der Waals surface area contributed by atoms with Gasteiger partial charge in [0.25, 0.3) is 0 Å². The third kappa shape index (κ3) is 4.26. The van der Waals surface area contributed by atoms with Crippen molar-refractivity contribution < 1.29 is 9.47 Å². The van der Waals surface area contributed by atoms with Gasteiger partial charge in [0.1, 0.15) is 5.02 Å². The average molecular weight is 276 g/mol. The molecule has 0 radical (unpaired) electrons. The minimum atomic E-state index is 0.314. The maximum Gasteiger partial charge on any atom is 0.239 e. The van der Waals surface area contributed by atoms with Crippen molar-refractivity contribution in [3.63, 3.8) is 0 Å². The number of rotatable bonds is 8. The van der Waals surface area contributed by atoms with Crippen LogP contribution in [-0.2, 0) is 9.47 Å². The van der Waals surface area contributed by atoms with Crippen LogP contribution in [-0.4, -0.2) is 50.5 Å². The highest BCUT2D eigenvalue weighted by Crippen LogP contribution is 2.23. The molecule has 102 valence electrons. The second kappa shape index (κ2) is 8.04. The molecule has 1 aromatic rings. The van der Waals surface area contributed by atoms with Crippen LogP contribution in [0.3, 0.4) is 0 Å². The van der Waals surface area contributed by atoms with Gasteiger partial charge in [-0.15, -0.1) is 0 Å². The first-order valence-electron chi connectivity index (χ1n) is 5.45. The molecular weight excluding hydrogens is 258 g/mol. The lowest BCUT2D eigenvalue weighted by atomic mass is 10.4. The van der Waals surface area contributed by atoms with E-state index in [4.69, 9.17) is 26.9 Å². The van der Waals surface area contributed by atoms with Crippen molar-refractivity contribution in [2.24, 2.45) is 5.84 Å². The Morgan fingerprint density at radius 1 is 1.33 bits per heavy atom. The molecule has 0 saturated carbocycles. The van der Waals surface area contributed by atoms with Gasteiger partial charge in [0.05, 0.1) is 19.4 Å². The molecule has 0 spiro atoms. The predicted molar refractivity (Wildman–Crippen MR) is 70.8 cm³/mol. The van der Waals surface area contributed by atoms with Crippen molar-refractivity contribution >= 4 is 23.4 Å². The number of anilines is 2. The molecule has 0 aromatic carbocycles. The number of ether oxygens (including phenoxy) is 2. The maximum atomic E-state index is 6.09. The smallest absolute Gasteiger partial charge is 0.239 e. The first kappa shape index (κ1) is 14.9. The number of nitrogens with two attached hydrogens (primary N) is 1. The Balaban J connectivity index is 2.87. The van der Waals surface area contributed by atoms with Crippen LogP contribution in [0.5, 0.6) is 0 Å². The summed E-state index contributed by atoms with van der Waals surface area (Å²) in [7, 11) is 3.28. The summed E-state index contributed by atoms with van der Waals surface area (Å²) in [6, 6.07) is 0. The molecular formula is C10H18ClN5O2. The zero-order chi connectivity index (χ0) is 13.4. The van der Waals surface area contributed by atoms with Crippen molar-refractivity contribution in [3.05, 3.63) is 11.2 Å². The number of hydrogen-bond acceptors (Lipinski definition) is 7. The number of nitrogens with zero attached hydrogens (tertiary/aromatic N) is 3. The van der Waals surface area contributed by atoms with Gasteiger partial charge in [0.2, 0.25) is 5.95 Å². The lowest BCUT2D eigenvalue weighted by molar-refractivity contribution is 0.190. The van der Waals surface area contributed by atoms with E-state index in [-0.39, 0.29) is 0 Å². The molecule has 8 heteroatoms. The predicted octanol–water partition coefficient (Wildman–Crippen LogP) is 0.515. The highest BCUT2D eigenvalue weighted by molar-refractivity contribution is 6.32. The fourth-order valence-electron chi connectivity index (χ4n) is 1.38. The van der Waals surface area contributed by atoms with Crippen molar-refractivity contribution in [1.29, 1.82) is 0 Å². The zero-order valence-corrected chi connectivity index (χ0v) is 11.3. The van der Waals surface area contributed by atoms with Crippen LogP contribution in [0.4, 0.5) is 11.8 Å². The second-order valence-electron chi connectivity index (χ2n) is 3.48. The van der Waals surface area contributed by atoms with Crippen molar-refractivity contribution in [2.75, 3.05) is 50.8 Å². The molecule has 3 N–H and O–H groups in total. The quantitative estimate of drug-likeness (QED) is 0.528. The Hall–Kier alpha value is -1.15. The first-order chi connectivity index (χ1) is 8.72. The summed E-state index contributed by atoms with van der Waals surface area (Å²) < 4.78 is 10.1. The van der Waals surface area contributed by atoms with Crippen LogP contribution in [0, 0.1) is 0 Å². The summed E-state index contributed by atoms with van der Waals surface area (Å²) in [6.45, 7) is 2.44. The van der Waals surface area contributed by atoms with E-state index in [9.17, 15) is 0 Å². The van der Waals surface area contributed by atoms with E-state index in [1.165, 1.54) is 6.20 Å². The molecule has 0 aliphatic heterocycles. The lowest BCUT2D eigenvalue weighted by Crippen LogP contribution is -2.32. The Morgan fingerprint density at radius 3 is 2.44 bits per heavy atom. The Bertz CT molecular complexity index is 358. The van der Waals surface area contributed by atoms with Crippen molar-refractivity contribution in [1.82, 2.24) is 9.97 Å². The summed E-state index contributed by atoms with van der Waals surface area (Å²) in [5, 5.41) is 0.459. The second-order valence-corrected chi connectivity index (χ2v) is 3.89. The number of hydrazine groups is 1. The van der Waals surface area contributed by atoms with Gasteiger partial charge in [-0.3, -0.25) is 5.43 Å². The number of aromatic nitrogens is 2. The van der Waals surface area contributed by atoms with Crippen LogP contribution < -0.4 is 16.2 Å². The first-order valence-corrected chi connectivity index (χ1v) is 5.82. The molecule has 7 nitrogen and oxygen atoms in total. The van der Waals surface area contributed by atoms with Crippen LogP contribution >= 0.6 is 11.6 Å². The molecule has 0 bridgehead atoms. The SMILES string of the molecule is COCCN(CCOC)c1nc(NN)ncc1Cl. The van der Waals surface area contributed by atoms with E-state index in [0.29, 0.717) is 43.1 Å². The minimum Gasteiger partial charge on any atom is -0.383 e. The summed E-state index contributed by atoms with van der Waals surface area (Å²) in [5.74, 6) is 6.20. The summed E-state index contributed by atoms with van der Waals surface area (Å²) >= 11 is 6.09. The van der Waals surface area contributed by atoms with Crippen LogP contribution in [0.1, 0.15) is 0 Å². The fourth-order valence-corrected chi connectivity index (χ4v) is 1.59. The molecule has 1 rings (SSSR count). The molecule has 0 fully saturated rings. The van der Waals surface area contributed by atoms with Crippen molar-refractivity contribution in [3.8, 4) is 0 Å². The molecule has 1 aromatic heterocycles. The topological polar surface area (TPSA) is 85.5 Å². The number of nitrogen functional groups attached to an aromatic ring is 1. The molecule has 1 heterocycles. The molecule has 0 aliphatic rings. The van der Waals surface area contributed by atoms with E-state index in [2.05, 4.69) is 15.4 Å². The number of halogens is 1. The van der Waals surface area contributed by atoms with Crippen molar-refractivity contribution in [2.45, 2.75) is 0 Å².